The minimum absolute atomic E-state index is 0.111. The van der Waals surface area contributed by atoms with Crippen LogP contribution in [-0.4, -0.2) is 35.7 Å². The number of hydrogen-bond acceptors (Lipinski definition) is 5. The van der Waals surface area contributed by atoms with Gasteiger partial charge in [-0.25, -0.2) is 27.5 Å². The van der Waals surface area contributed by atoms with Crippen LogP contribution in [0.1, 0.15) is 57.3 Å². The molecule has 0 aromatic carbocycles. The summed E-state index contributed by atoms with van der Waals surface area (Å²) in [7, 11) is 0. The minimum atomic E-state index is -3.21. The van der Waals surface area contributed by atoms with Gasteiger partial charge in [0.15, 0.2) is 6.10 Å². The summed E-state index contributed by atoms with van der Waals surface area (Å²) in [4.78, 5) is 10.7. The van der Waals surface area contributed by atoms with E-state index in [0.717, 1.165) is 33.1 Å². The molecule has 3 rings (SSSR count). The summed E-state index contributed by atoms with van der Waals surface area (Å²) in [5, 5.41) is 2.85. The number of anilines is 2. The third-order valence-electron chi connectivity index (χ3n) is 5.45. The number of nitrogens with zero attached hydrogens (tertiary/aromatic N) is 3. The SMILES string of the molecule is C=CCCCN(CCC)c1cc(C(C)(F)F)cc(-c2ccnc3c2[C@H](C(C)(F)F)OCN3)n1. The second kappa shape index (κ2) is 10.1. The summed E-state index contributed by atoms with van der Waals surface area (Å²) in [5.74, 6) is -5.73. The third kappa shape index (κ3) is 5.82. The largest absolute Gasteiger partial charge is 0.357 e. The van der Waals surface area contributed by atoms with Crippen LogP contribution in [0.3, 0.4) is 0 Å². The highest BCUT2D eigenvalue weighted by Gasteiger charge is 2.42. The van der Waals surface area contributed by atoms with Crippen molar-refractivity contribution in [2.45, 2.75) is 58.0 Å². The van der Waals surface area contributed by atoms with Gasteiger partial charge in [0, 0.05) is 49.8 Å². The maximum atomic E-state index is 14.5. The summed E-state index contributed by atoms with van der Waals surface area (Å²) in [6.45, 7) is 8.41. The van der Waals surface area contributed by atoms with Gasteiger partial charge in [-0.05, 0) is 37.5 Å². The van der Waals surface area contributed by atoms with Gasteiger partial charge in [0.05, 0.1) is 5.69 Å². The number of ether oxygens (including phenoxy) is 1. The Balaban J connectivity index is 2.18. The number of aromatic nitrogens is 2. The molecular formula is C24H30F4N4O. The Morgan fingerprint density at radius 2 is 2.00 bits per heavy atom. The molecule has 33 heavy (non-hydrogen) atoms. The van der Waals surface area contributed by atoms with Crippen molar-refractivity contribution in [3.8, 4) is 11.3 Å². The lowest BCUT2D eigenvalue weighted by Crippen LogP contribution is -2.32. The van der Waals surface area contributed by atoms with Gasteiger partial charge in [-0.15, -0.1) is 6.58 Å². The Morgan fingerprint density at radius 1 is 1.24 bits per heavy atom. The number of fused-ring (bicyclic) bond motifs is 1. The van der Waals surface area contributed by atoms with Crippen LogP contribution in [-0.2, 0) is 10.7 Å². The molecule has 0 saturated carbocycles. The number of hydrogen-bond donors (Lipinski definition) is 1. The Bertz CT molecular complexity index is 972. The molecule has 0 fully saturated rings. The van der Waals surface area contributed by atoms with E-state index in [1.165, 1.54) is 24.4 Å². The smallest absolute Gasteiger partial charge is 0.275 e. The molecule has 1 aliphatic rings. The minimum Gasteiger partial charge on any atom is -0.357 e. The molecule has 0 radical (unpaired) electrons. The molecule has 9 heteroatoms. The normalized spacial score (nSPS) is 16.2. The summed E-state index contributed by atoms with van der Waals surface area (Å²) >= 11 is 0. The highest BCUT2D eigenvalue weighted by Crippen LogP contribution is 2.44. The predicted molar refractivity (Wildman–Crippen MR) is 122 cm³/mol. The average molecular weight is 467 g/mol. The molecule has 3 heterocycles. The fourth-order valence-electron chi connectivity index (χ4n) is 3.89. The molecule has 5 nitrogen and oxygen atoms in total. The Labute approximate surface area is 191 Å². The predicted octanol–water partition coefficient (Wildman–Crippen LogP) is 6.53. The molecule has 0 saturated heterocycles. The van der Waals surface area contributed by atoms with E-state index in [1.807, 2.05) is 11.8 Å². The topological polar surface area (TPSA) is 50.3 Å². The Morgan fingerprint density at radius 3 is 2.64 bits per heavy atom. The van der Waals surface area contributed by atoms with Crippen molar-refractivity contribution in [1.29, 1.82) is 0 Å². The zero-order valence-electron chi connectivity index (χ0n) is 19.2. The molecule has 0 unspecified atom stereocenters. The van der Waals surface area contributed by atoms with E-state index in [2.05, 4.69) is 21.9 Å². The van der Waals surface area contributed by atoms with E-state index in [4.69, 9.17) is 4.74 Å². The molecule has 180 valence electrons. The quantitative estimate of drug-likeness (QED) is 0.245. The number of halogens is 4. The van der Waals surface area contributed by atoms with Crippen LogP contribution in [0.5, 0.6) is 0 Å². The fraction of sp³-hybridized carbons (Fsp3) is 0.500. The summed E-state index contributed by atoms with van der Waals surface area (Å²) in [6, 6.07) is 4.15. The fourth-order valence-corrected chi connectivity index (χ4v) is 3.89. The second-order valence-electron chi connectivity index (χ2n) is 8.35. The first-order valence-corrected chi connectivity index (χ1v) is 11.0. The van der Waals surface area contributed by atoms with Gasteiger partial charge in [-0.3, -0.25) is 0 Å². The summed E-state index contributed by atoms with van der Waals surface area (Å²) < 4.78 is 63.0. The standard InChI is InChI=1S/C24H30F4N4O/c1-5-7-8-12-32(11-6-2)19-14-16(23(3,25)26)13-18(31-19)17-9-10-29-22-20(17)21(24(4,27)28)33-15-30-22/h5,9-10,13-14,21H,1,6-8,11-12,15H2,2-4H3,(H,29,30)/t21-/m1/s1. The number of pyridine rings is 2. The number of rotatable bonds is 10. The van der Waals surface area contributed by atoms with Crippen molar-refractivity contribution in [2.75, 3.05) is 30.0 Å². The van der Waals surface area contributed by atoms with Gasteiger partial charge >= 0.3 is 0 Å². The van der Waals surface area contributed by atoms with Crippen LogP contribution < -0.4 is 10.2 Å². The lowest BCUT2D eigenvalue weighted by atomic mass is 9.95. The third-order valence-corrected chi connectivity index (χ3v) is 5.45. The number of allylic oxidation sites excluding steroid dienone is 1. The highest BCUT2D eigenvalue weighted by atomic mass is 19.3. The van der Waals surface area contributed by atoms with Crippen LogP contribution >= 0.6 is 0 Å². The Kier molecular flexibility index (Phi) is 7.62. The monoisotopic (exact) mass is 466 g/mol. The van der Waals surface area contributed by atoms with Gasteiger partial charge in [-0.1, -0.05) is 13.0 Å². The molecule has 1 N–H and O–H groups in total. The molecule has 1 atom stereocenters. The van der Waals surface area contributed by atoms with Crippen molar-refractivity contribution >= 4 is 11.6 Å². The molecule has 1 aliphatic heterocycles. The van der Waals surface area contributed by atoms with E-state index in [-0.39, 0.29) is 34.9 Å². The molecule has 0 aliphatic carbocycles. The first-order chi connectivity index (χ1) is 15.6. The van der Waals surface area contributed by atoms with Crippen LogP contribution in [0, 0.1) is 0 Å². The van der Waals surface area contributed by atoms with Crippen LogP contribution in [0.4, 0.5) is 29.2 Å². The zero-order valence-corrected chi connectivity index (χ0v) is 19.2. The van der Waals surface area contributed by atoms with Crippen molar-refractivity contribution < 1.29 is 22.3 Å². The number of unbranched alkanes of at least 4 members (excludes halogenated alkanes) is 1. The molecule has 2 aromatic rings. The van der Waals surface area contributed by atoms with Crippen LogP contribution in [0.2, 0.25) is 0 Å². The highest BCUT2D eigenvalue weighted by molar-refractivity contribution is 5.72. The molecular weight excluding hydrogens is 436 g/mol. The van der Waals surface area contributed by atoms with Crippen molar-refractivity contribution in [2.24, 2.45) is 0 Å². The van der Waals surface area contributed by atoms with Crippen molar-refractivity contribution in [3.63, 3.8) is 0 Å². The first-order valence-electron chi connectivity index (χ1n) is 11.0. The van der Waals surface area contributed by atoms with Gasteiger partial charge in [0.25, 0.3) is 11.8 Å². The molecule has 0 amide bonds. The lowest BCUT2D eigenvalue weighted by Gasteiger charge is -2.32. The Hall–Kier alpha value is -2.68. The van der Waals surface area contributed by atoms with Gasteiger partial charge in [-0.2, -0.15) is 0 Å². The lowest BCUT2D eigenvalue weighted by molar-refractivity contribution is -0.127. The average Bonchev–Trinajstić information content (AvgIpc) is 2.76. The summed E-state index contributed by atoms with van der Waals surface area (Å²) in [6.07, 6.45) is 4.05. The van der Waals surface area contributed by atoms with E-state index >= 15 is 0 Å². The maximum absolute atomic E-state index is 14.5. The van der Waals surface area contributed by atoms with E-state index < -0.39 is 17.9 Å². The van der Waals surface area contributed by atoms with E-state index in [1.54, 1.807) is 6.08 Å². The van der Waals surface area contributed by atoms with Crippen molar-refractivity contribution in [1.82, 2.24) is 9.97 Å². The maximum Gasteiger partial charge on any atom is 0.275 e. The van der Waals surface area contributed by atoms with Gasteiger partial charge in [0.2, 0.25) is 0 Å². The van der Waals surface area contributed by atoms with Crippen LogP contribution in [0.25, 0.3) is 11.3 Å². The summed E-state index contributed by atoms with van der Waals surface area (Å²) in [5.41, 5.74) is 0.338. The van der Waals surface area contributed by atoms with Gasteiger partial charge < -0.3 is 15.0 Å². The molecule has 0 spiro atoms. The van der Waals surface area contributed by atoms with Gasteiger partial charge in [0.1, 0.15) is 18.4 Å². The molecule has 0 bridgehead atoms. The van der Waals surface area contributed by atoms with Crippen LogP contribution in [0.15, 0.2) is 37.1 Å². The van der Waals surface area contributed by atoms with Crippen molar-refractivity contribution in [3.05, 3.63) is 48.2 Å². The first kappa shape index (κ1) is 25.0. The molecule has 2 aromatic heterocycles. The number of alkyl halides is 4. The van der Waals surface area contributed by atoms with E-state index in [0.29, 0.717) is 18.9 Å². The number of nitrogens with one attached hydrogen (secondary N) is 1. The second-order valence-corrected chi connectivity index (χ2v) is 8.35. The zero-order chi connectivity index (χ0) is 24.2. The van der Waals surface area contributed by atoms with E-state index in [9.17, 15) is 17.6 Å².